The minimum Gasteiger partial charge on any atom is -0.390 e. The standard InChI is InChI=1S/C11H23NO/c1-9(2)7-11(3,13)10-5-4-6-12-8-10/h9-10,12-13H,4-8H2,1-3H3. The van der Waals surface area contributed by atoms with E-state index in [1.807, 2.05) is 6.92 Å². The second kappa shape index (κ2) is 4.43. The summed E-state index contributed by atoms with van der Waals surface area (Å²) in [5.74, 6) is 1.03. The van der Waals surface area contributed by atoms with E-state index in [0.29, 0.717) is 11.8 Å². The van der Waals surface area contributed by atoms with E-state index in [1.165, 1.54) is 12.8 Å². The average Bonchev–Trinajstić information content (AvgIpc) is 2.04. The first-order valence-corrected chi connectivity index (χ1v) is 5.45. The van der Waals surface area contributed by atoms with Crippen LogP contribution < -0.4 is 5.32 Å². The number of piperidine rings is 1. The van der Waals surface area contributed by atoms with Crippen molar-refractivity contribution >= 4 is 0 Å². The van der Waals surface area contributed by atoms with Crippen LogP contribution in [-0.4, -0.2) is 23.8 Å². The Morgan fingerprint density at radius 2 is 2.23 bits per heavy atom. The Balaban J connectivity index is 2.45. The summed E-state index contributed by atoms with van der Waals surface area (Å²) >= 11 is 0. The molecular formula is C11H23NO. The van der Waals surface area contributed by atoms with E-state index in [1.54, 1.807) is 0 Å². The monoisotopic (exact) mass is 185 g/mol. The molecule has 2 unspecified atom stereocenters. The molecule has 0 bridgehead atoms. The molecule has 2 atom stereocenters. The summed E-state index contributed by atoms with van der Waals surface area (Å²) < 4.78 is 0. The summed E-state index contributed by atoms with van der Waals surface area (Å²) in [6.45, 7) is 8.44. The molecular weight excluding hydrogens is 162 g/mol. The van der Waals surface area contributed by atoms with Gasteiger partial charge in [0.15, 0.2) is 0 Å². The van der Waals surface area contributed by atoms with Gasteiger partial charge >= 0.3 is 0 Å². The largest absolute Gasteiger partial charge is 0.390 e. The molecule has 2 heteroatoms. The zero-order valence-electron chi connectivity index (χ0n) is 9.14. The minimum absolute atomic E-state index is 0.448. The molecule has 1 fully saturated rings. The van der Waals surface area contributed by atoms with Gasteiger partial charge in [0.05, 0.1) is 5.60 Å². The Bertz CT molecular complexity index is 148. The maximum absolute atomic E-state index is 10.3. The highest BCUT2D eigenvalue weighted by atomic mass is 16.3. The summed E-state index contributed by atoms with van der Waals surface area (Å²) in [5, 5.41) is 13.6. The highest BCUT2D eigenvalue weighted by molar-refractivity contribution is 4.86. The lowest BCUT2D eigenvalue weighted by Gasteiger charge is -2.37. The lowest BCUT2D eigenvalue weighted by molar-refractivity contribution is -0.0273. The topological polar surface area (TPSA) is 32.3 Å². The molecule has 2 N–H and O–H groups in total. The average molecular weight is 185 g/mol. The number of rotatable bonds is 3. The van der Waals surface area contributed by atoms with Crippen LogP contribution in [0, 0.1) is 11.8 Å². The van der Waals surface area contributed by atoms with Gasteiger partial charge in [0.2, 0.25) is 0 Å². The van der Waals surface area contributed by atoms with Gasteiger partial charge in [0.1, 0.15) is 0 Å². The van der Waals surface area contributed by atoms with Crippen molar-refractivity contribution in [3.63, 3.8) is 0 Å². The van der Waals surface area contributed by atoms with E-state index < -0.39 is 5.60 Å². The van der Waals surface area contributed by atoms with Crippen molar-refractivity contribution in [3.8, 4) is 0 Å². The zero-order valence-corrected chi connectivity index (χ0v) is 9.14. The summed E-state index contributed by atoms with van der Waals surface area (Å²) in [5.41, 5.74) is -0.471. The van der Waals surface area contributed by atoms with Crippen LogP contribution in [0.4, 0.5) is 0 Å². The fourth-order valence-electron chi connectivity index (χ4n) is 2.38. The van der Waals surface area contributed by atoms with Gasteiger partial charge in [-0.15, -0.1) is 0 Å². The van der Waals surface area contributed by atoms with Crippen LogP contribution in [0.15, 0.2) is 0 Å². The van der Waals surface area contributed by atoms with Crippen molar-refractivity contribution in [1.82, 2.24) is 5.32 Å². The van der Waals surface area contributed by atoms with Gasteiger partial charge in [-0.1, -0.05) is 13.8 Å². The molecule has 2 nitrogen and oxygen atoms in total. The fourth-order valence-corrected chi connectivity index (χ4v) is 2.38. The van der Waals surface area contributed by atoms with E-state index in [2.05, 4.69) is 19.2 Å². The summed E-state index contributed by atoms with van der Waals surface area (Å²) in [4.78, 5) is 0. The summed E-state index contributed by atoms with van der Waals surface area (Å²) in [6.07, 6.45) is 3.30. The second-order valence-corrected chi connectivity index (χ2v) is 5.00. The molecule has 1 aliphatic rings. The van der Waals surface area contributed by atoms with Crippen molar-refractivity contribution in [2.75, 3.05) is 13.1 Å². The van der Waals surface area contributed by atoms with E-state index in [4.69, 9.17) is 0 Å². The van der Waals surface area contributed by atoms with Crippen LogP contribution in [0.3, 0.4) is 0 Å². The molecule has 0 aromatic heterocycles. The van der Waals surface area contributed by atoms with Crippen molar-refractivity contribution in [2.45, 2.75) is 45.6 Å². The molecule has 0 aromatic rings. The third-order valence-corrected chi connectivity index (χ3v) is 3.00. The predicted molar refractivity (Wildman–Crippen MR) is 55.7 cm³/mol. The SMILES string of the molecule is CC(C)CC(C)(O)C1CCCNC1. The molecule has 0 radical (unpaired) electrons. The lowest BCUT2D eigenvalue weighted by Crippen LogP contribution is -2.44. The van der Waals surface area contributed by atoms with E-state index >= 15 is 0 Å². The molecule has 13 heavy (non-hydrogen) atoms. The molecule has 1 rings (SSSR count). The third-order valence-electron chi connectivity index (χ3n) is 3.00. The van der Waals surface area contributed by atoms with Crippen LogP contribution in [0.2, 0.25) is 0 Å². The highest BCUT2D eigenvalue weighted by Gasteiger charge is 2.32. The molecule has 78 valence electrons. The highest BCUT2D eigenvalue weighted by Crippen LogP contribution is 2.29. The second-order valence-electron chi connectivity index (χ2n) is 5.00. The Kier molecular flexibility index (Phi) is 3.74. The summed E-state index contributed by atoms with van der Waals surface area (Å²) in [6, 6.07) is 0. The Labute approximate surface area is 81.7 Å². The molecule has 1 saturated heterocycles. The molecule has 1 aliphatic heterocycles. The normalized spacial score (nSPS) is 28.8. The summed E-state index contributed by atoms with van der Waals surface area (Å²) in [7, 11) is 0. The molecule has 0 aromatic carbocycles. The predicted octanol–water partition coefficient (Wildman–Crippen LogP) is 1.78. The molecule has 0 amide bonds. The quantitative estimate of drug-likeness (QED) is 0.702. The molecule has 1 heterocycles. The van der Waals surface area contributed by atoms with Crippen LogP contribution in [-0.2, 0) is 0 Å². The number of hydrogen-bond donors (Lipinski definition) is 2. The maximum atomic E-state index is 10.3. The van der Waals surface area contributed by atoms with E-state index in [9.17, 15) is 5.11 Å². The van der Waals surface area contributed by atoms with Gasteiger partial charge in [-0.05, 0) is 44.6 Å². The van der Waals surface area contributed by atoms with Gasteiger partial charge in [-0.2, -0.15) is 0 Å². The van der Waals surface area contributed by atoms with E-state index in [-0.39, 0.29) is 0 Å². The van der Waals surface area contributed by atoms with Gasteiger partial charge in [-0.25, -0.2) is 0 Å². The molecule has 0 aliphatic carbocycles. The minimum atomic E-state index is -0.471. The van der Waals surface area contributed by atoms with Crippen LogP contribution >= 0.6 is 0 Å². The van der Waals surface area contributed by atoms with Gasteiger partial charge in [-0.3, -0.25) is 0 Å². The first kappa shape index (κ1) is 11.0. The third kappa shape index (κ3) is 3.28. The van der Waals surface area contributed by atoms with Crippen LogP contribution in [0.1, 0.15) is 40.0 Å². The van der Waals surface area contributed by atoms with Gasteiger partial charge in [0.25, 0.3) is 0 Å². The van der Waals surface area contributed by atoms with Crippen LogP contribution in [0.5, 0.6) is 0 Å². The van der Waals surface area contributed by atoms with E-state index in [0.717, 1.165) is 19.5 Å². The number of nitrogens with one attached hydrogen (secondary N) is 1. The van der Waals surface area contributed by atoms with Gasteiger partial charge < -0.3 is 10.4 Å². The molecule has 0 saturated carbocycles. The zero-order chi connectivity index (χ0) is 9.90. The fraction of sp³-hybridized carbons (Fsp3) is 1.00. The first-order valence-electron chi connectivity index (χ1n) is 5.45. The smallest absolute Gasteiger partial charge is 0.0662 e. The number of aliphatic hydroxyl groups is 1. The van der Waals surface area contributed by atoms with Crippen LogP contribution in [0.25, 0.3) is 0 Å². The first-order chi connectivity index (χ1) is 6.02. The van der Waals surface area contributed by atoms with Crippen molar-refractivity contribution in [2.24, 2.45) is 11.8 Å². The van der Waals surface area contributed by atoms with Crippen molar-refractivity contribution in [3.05, 3.63) is 0 Å². The van der Waals surface area contributed by atoms with Gasteiger partial charge in [0, 0.05) is 6.54 Å². The maximum Gasteiger partial charge on any atom is 0.0662 e. The Hall–Kier alpha value is -0.0800. The lowest BCUT2D eigenvalue weighted by atomic mass is 9.78. The van der Waals surface area contributed by atoms with Crippen molar-refractivity contribution < 1.29 is 5.11 Å². The Morgan fingerprint density at radius 3 is 2.69 bits per heavy atom. The number of hydrogen-bond acceptors (Lipinski definition) is 2. The molecule has 0 spiro atoms. The Morgan fingerprint density at radius 1 is 1.54 bits per heavy atom. The van der Waals surface area contributed by atoms with Crippen molar-refractivity contribution in [1.29, 1.82) is 0 Å².